The molecule has 0 spiro atoms. The van der Waals surface area contributed by atoms with E-state index in [-0.39, 0.29) is 108 Å². The topological polar surface area (TPSA) is 139 Å². The summed E-state index contributed by atoms with van der Waals surface area (Å²) >= 11 is 0. The van der Waals surface area contributed by atoms with Crippen LogP contribution in [0.1, 0.15) is 130 Å². The monoisotopic (exact) mass is 792 g/mol. The second-order valence-electron chi connectivity index (χ2n) is 15.5. The van der Waals surface area contributed by atoms with Crippen LogP contribution < -0.4 is 9.79 Å². The van der Waals surface area contributed by atoms with Gasteiger partial charge in [-0.15, -0.1) is 0 Å². The number of hydrogen-bond donors (Lipinski definition) is 2. The van der Waals surface area contributed by atoms with E-state index in [2.05, 4.69) is 0 Å². The van der Waals surface area contributed by atoms with Gasteiger partial charge in [0, 0.05) is 12.3 Å². The molecule has 0 amide bonds. The van der Waals surface area contributed by atoms with Gasteiger partial charge in [0.1, 0.15) is 26.7 Å². The van der Waals surface area contributed by atoms with Gasteiger partial charge in [-0.2, -0.15) is 0 Å². The summed E-state index contributed by atoms with van der Waals surface area (Å²) < 4.78 is 33.6. The third-order valence-corrected chi connectivity index (χ3v) is 9.78. The Kier molecular flexibility index (Phi) is 16.5. The minimum atomic E-state index is -3.91. The van der Waals surface area contributed by atoms with E-state index in [0.717, 1.165) is 22.3 Å². The van der Waals surface area contributed by atoms with Crippen molar-refractivity contribution >= 4 is 64.1 Å². The zero-order chi connectivity index (χ0) is 34.7. The second-order valence-corrected chi connectivity index (χ2v) is 19.0. The summed E-state index contributed by atoms with van der Waals surface area (Å²) in [6.07, 6.45) is -0.319. The molecule has 0 aliphatic heterocycles. The van der Waals surface area contributed by atoms with Gasteiger partial charge in [0.2, 0.25) is 0 Å². The van der Waals surface area contributed by atoms with Gasteiger partial charge in [0.15, 0.2) is 0 Å². The Morgan fingerprint density at radius 1 is 0.556 bits per heavy atom. The van der Waals surface area contributed by atoms with Gasteiger partial charge in [-0.25, -0.2) is 0 Å². The second kappa shape index (κ2) is 16.5. The van der Waals surface area contributed by atoms with E-state index in [1.54, 1.807) is 38.1 Å². The minimum Gasteiger partial charge on any atom is -0.778 e. The van der Waals surface area contributed by atoms with E-state index in [1.165, 1.54) is 0 Å². The van der Waals surface area contributed by atoms with Crippen LogP contribution in [0.4, 0.5) is 0 Å². The molecule has 0 fully saturated rings. The fourth-order valence-electron chi connectivity index (χ4n) is 4.79. The average Bonchev–Trinajstić information content (AvgIpc) is 2.78. The molecule has 0 radical (unpaired) electrons. The molecule has 252 valence electrons. The molecule has 0 bridgehead atoms. The van der Waals surface area contributed by atoms with Crippen molar-refractivity contribution < 1.29 is 38.2 Å². The van der Waals surface area contributed by atoms with E-state index in [0.29, 0.717) is 11.1 Å². The summed E-state index contributed by atoms with van der Waals surface area (Å²) in [6.45, 7) is 27.6. The molecule has 2 aromatic carbocycles. The van der Waals surface area contributed by atoms with E-state index in [4.69, 9.17) is 9.05 Å². The summed E-state index contributed by atoms with van der Waals surface area (Å²) in [6, 6.07) is 7.09. The molecule has 45 heavy (non-hydrogen) atoms. The van der Waals surface area contributed by atoms with Crippen LogP contribution in [0.3, 0.4) is 0 Å². The van der Waals surface area contributed by atoms with Gasteiger partial charge < -0.3 is 38.2 Å². The summed E-state index contributed by atoms with van der Waals surface area (Å²) in [4.78, 5) is 23.9. The molecule has 2 N–H and O–H groups in total. The Bertz CT molecular complexity index is 1200. The molecule has 2 aromatic rings. The SMILES string of the molecule is CCOP(=O)([O-])Cc1cc(C(C)(C)C)c(O)c(C(C)(C)C)c1.CCOP(=O)([O-])Cc1cc(C(C)(C)C)c(O)c(C(C)(C)C)c1.[Ba+2]. The number of phenols is 2. The Morgan fingerprint density at radius 3 is 0.911 bits per heavy atom. The first-order chi connectivity index (χ1) is 19.6. The van der Waals surface area contributed by atoms with E-state index >= 15 is 0 Å². The number of rotatable bonds is 8. The van der Waals surface area contributed by atoms with Crippen LogP contribution in [-0.4, -0.2) is 72.3 Å². The van der Waals surface area contributed by atoms with E-state index < -0.39 is 15.2 Å². The molecule has 0 saturated heterocycles. The number of benzene rings is 2. The van der Waals surface area contributed by atoms with Crippen molar-refractivity contribution in [3.05, 3.63) is 57.6 Å². The third-order valence-electron chi connectivity index (χ3n) is 6.98. The normalized spacial score (nSPS) is 15.3. The molecule has 11 heteroatoms. The summed E-state index contributed by atoms with van der Waals surface area (Å²) in [5.74, 6) is 0.502. The number of hydrogen-bond acceptors (Lipinski definition) is 8. The van der Waals surface area contributed by atoms with Crippen LogP contribution in [-0.2, 0) is 52.2 Å². The van der Waals surface area contributed by atoms with Gasteiger partial charge in [-0.05, 0) is 68.9 Å². The molecule has 0 aliphatic carbocycles. The van der Waals surface area contributed by atoms with Crippen molar-refractivity contribution in [2.75, 3.05) is 13.2 Å². The van der Waals surface area contributed by atoms with Crippen LogP contribution in [0.25, 0.3) is 0 Å². The maximum atomic E-state index is 11.9. The quantitative estimate of drug-likeness (QED) is 0.204. The molecule has 0 aliphatic rings. The first-order valence-corrected chi connectivity index (χ1v) is 18.6. The van der Waals surface area contributed by atoms with Gasteiger partial charge in [-0.1, -0.05) is 107 Å². The molecule has 2 atom stereocenters. The summed E-state index contributed by atoms with van der Waals surface area (Å²) in [5, 5.41) is 21.2. The predicted octanol–water partition coefficient (Wildman–Crippen LogP) is 7.77. The van der Waals surface area contributed by atoms with Gasteiger partial charge in [0.25, 0.3) is 0 Å². The zero-order valence-corrected chi connectivity index (χ0v) is 36.3. The van der Waals surface area contributed by atoms with Gasteiger partial charge >= 0.3 is 48.9 Å². The molecule has 8 nitrogen and oxygen atoms in total. The standard InChI is InChI=1S/2C17H29O4P.Ba/c2*1-8-21-22(19,20)11-12-9-13(16(2,3)4)15(18)14(10-12)17(5,6)7;/h2*9-10,18H,8,11H2,1-7H3,(H,19,20);/q;;+2/p-2. The molecular weight excluding hydrogens is 736 g/mol. The summed E-state index contributed by atoms with van der Waals surface area (Å²) in [7, 11) is -7.81. The minimum absolute atomic E-state index is 0. The largest absolute Gasteiger partial charge is 2.00 e. The Morgan fingerprint density at radius 2 is 0.756 bits per heavy atom. The predicted molar refractivity (Wildman–Crippen MR) is 183 cm³/mol. The van der Waals surface area contributed by atoms with Crippen molar-refractivity contribution in [2.45, 2.75) is 131 Å². The molecule has 0 heterocycles. The molecule has 2 unspecified atom stereocenters. The molecule has 0 saturated carbocycles. The first kappa shape index (κ1) is 44.9. The number of aromatic hydroxyl groups is 2. The van der Waals surface area contributed by atoms with Crippen LogP contribution >= 0.6 is 15.2 Å². The van der Waals surface area contributed by atoms with Crippen molar-refractivity contribution in [1.82, 2.24) is 0 Å². The maximum absolute atomic E-state index is 11.9. The molecule has 2 rings (SSSR count). The van der Waals surface area contributed by atoms with Crippen molar-refractivity contribution in [3.63, 3.8) is 0 Å². The average molecular weight is 792 g/mol. The number of phenolic OH excluding ortho intramolecular Hbond substituents is 2. The van der Waals surface area contributed by atoms with Crippen LogP contribution in [0, 0.1) is 0 Å². The van der Waals surface area contributed by atoms with Crippen molar-refractivity contribution in [2.24, 2.45) is 0 Å². The Labute approximate surface area is 312 Å². The molecular formula is C34H56BaO8P2. The summed E-state index contributed by atoms with van der Waals surface area (Å²) in [5.41, 5.74) is 3.21. The van der Waals surface area contributed by atoms with Gasteiger partial charge in [-0.3, -0.25) is 0 Å². The van der Waals surface area contributed by atoms with Crippen molar-refractivity contribution in [3.8, 4) is 11.5 Å². The van der Waals surface area contributed by atoms with E-state index in [9.17, 15) is 29.1 Å². The van der Waals surface area contributed by atoms with Crippen LogP contribution in [0.2, 0.25) is 0 Å². The van der Waals surface area contributed by atoms with Crippen molar-refractivity contribution in [1.29, 1.82) is 0 Å². The Hall–Kier alpha value is -0.0886. The third kappa shape index (κ3) is 14.1. The fraction of sp³-hybridized carbons (Fsp3) is 0.647. The fourth-order valence-corrected chi connectivity index (χ4v) is 7.02. The molecule has 0 aromatic heterocycles. The van der Waals surface area contributed by atoms with Crippen LogP contribution in [0.5, 0.6) is 11.5 Å². The zero-order valence-electron chi connectivity index (χ0n) is 30.1. The smallest absolute Gasteiger partial charge is 0.778 e. The maximum Gasteiger partial charge on any atom is 2.00 e. The van der Waals surface area contributed by atoms with E-state index in [1.807, 2.05) is 83.1 Å². The Balaban J connectivity index is 0.000000842. The van der Waals surface area contributed by atoms with Crippen LogP contribution in [0.15, 0.2) is 24.3 Å². The van der Waals surface area contributed by atoms with Gasteiger partial charge in [0.05, 0.1) is 13.2 Å². The first-order valence-electron chi connectivity index (χ1n) is 15.2.